The average molecular weight is 386 g/mol. The Hall–Kier alpha value is -1.57. The topological polar surface area (TPSA) is 68.3 Å². The van der Waals surface area contributed by atoms with Crippen LogP contribution in [0.25, 0.3) is 0 Å². The van der Waals surface area contributed by atoms with E-state index in [2.05, 4.69) is 5.32 Å². The van der Waals surface area contributed by atoms with Crippen molar-refractivity contribution in [3.63, 3.8) is 0 Å². The molecular formula is C14H15IN2O3. The van der Waals surface area contributed by atoms with E-state index in [1.54, 1.807) is 12.1 Å². The zero-order valence-corrected chi connectivity index (χ0v) is 13.6. The summed E-state index contributed by atoms with van der Waals surface area (Å²) in [5.74, 6) is 1.77. The maximum atomic E-state index is 10.8. The number of hydrogen-bond donors (Lipinski definition) is 1. The lowest BCUT2D eigenvalue weighted by molar-refractivity contribution is -0.385. The standard InChI is InChI=1S/C14H15IN2O3/c1-8-6-12(10(3)20-8)9(2)16-11-4-5-14(17(18)19)13(15)7-11/h4-7,9,16H,1-3H3. The van der Waals surface area contributed by atoms with Gasteiger partial charge in [0.15, 0.2) is 0 Å². The zero-order valence-electron chi connectivity index (χ0n) is 11.4. The van der Waals surface area contributed by atoms with Gasteiger partial charge in [0, 0.05) is 17.3 Å². The molecule has 0 amide bonds. The van der Waals surface area contributed by atoms with E-state index in [4.69, 9.17) is 4.42 Å². The molecule has 1 atom stereocenters. The number of nitro benzene ring substituents is 1. The summed E-state index contributed by atoms with van der Waals surface area (Å²) >= 11 is 1.97. The van der Waals surface area contributed by atoms with E-state index < -0.39 is 0 Å². The molecule has 1 heterocycles. The highest BCUT2D eigenvalue weighted by Crippen LogP contribution is 2.28. The number of halogens is 1. The molecule has 2 aromatic rings. The molecule has 1 unspecified atom stereocenters. The van der Waals surface area contributed by atoms with E-state index in [1.165, 1.54) is 6.07 Å². The quantitative estimate of drug-likeness (QED) is 0.475. The maximum absolute atomic E-state index is 10.8. The number of aryl methyl sites for hydroxylation is 2. The summed E-state index contributed by atoms with van der Waals surface area (Å²) in [5, 5.41) is 14.1. The van der Waals surface area contributed by atoms with Crippen LogP contribution in [0.5, 0.6) is 0 Å². The molecule has 5 nitrogen and oxygen atoms in total. The number of nitro groups is 1. The number of anilines is 1. The molecule has 106 valence electrons. The van der Waals surface area contributed by atoms with E-state index in [1.807, 2.05) is 49.4 Å². The summed E-state index contributed by atoms with van der Waals surface area (Å²) in [4.78, 5) is 10.4. The van der Waals surface area contributed by atoms with Gasteiger partial charge in [0.05, 0.1) is 14.5 Å². The van der Waals surface area contributed by atoms with Gasteiger partial charge in [-0.2, -0.15) is 0 Å². The second kappa shape index (κ2) is 5.82. The van der Waals surface area contributed by atoms with Crippen LogP contribution in [-0.2, 0) is 0 Å². The van der Waals surface area contributed by atoms with Crippen molar-refractivity contribution < 1.29 is 9.34 Å². The number of nitrogens with one attached hydrogen (secondary N) is 1. The summed E-state index contributed by atoms with van der Waals surface area (Å²) in [6, 6.07) is 7.09. The lowest BCUT2D eigenvalue weighted by Crippen LogP contribution is -2.07. The van der Waals surface area contributed by atoms with E-state index in [0.717, 1.165) is 22.8 Å². The number of nitrogens with zero attached hydrogens (tertiary/aromatic N) is 1. The van der Waals surface area contributed by atoms with Crippen LogP contribution >= 0.6 is 22.6 Å². The van der Waals surface area contributed by atoms with Gasteiger partial charge in [-0.05, 0) is 61.6 Å². The molecule has 0 spiro atoms. The normalized spacial score (nSPS) is 12.2. The second-order valence-corrected chi connectivity index (χ2v) is 5.82. The third-order valence-corrected chi connectivity index (χ3v) is 3.94. The lowest BCUT2D eigenvalue weighted by atomic mass is 10.1. The third kappa shape index (κ3) is 3.12. The van der Waals surface area contributed by atoms with Crippen molar-refractivity contribution in [2.45, 2.75) is 26.8 Å². The van der Waals surface area contributed by atoms with Gasteiger partial charge in [-0.15, -0.1) is 0 Å². The fourth-order valence-electron chi connectivity index (χ4n) is 2.15. The van der Waals surface area contributed by atoms with Crippen molar-refractivity contribution >= 4 is 34.0 Å². The molecule has 2 rings (SSSR count). The van der Waals surface area contributed by atoms with Crippen molar-refractivity contribution in [1.82, 2.24) is 0 Å². The van der Waals surface area contributed by atoms with Gasteiger partial charge in [-0.25, -0.2) is 0 Å². The summed E-state index contributed by atoms with van der Waals surface area (Å²) in [6.07, 6.45) is 0. The predicted octanol–water partition coefficient (Wildman–Crippen LogP) is 4.58. The number of hydrogen-bond acceptors (Lipinski definition) is 4. The van der Waals surface area contributed by atoms with E-state index in [9.17, 15) is 10.1 Å². The molecule has 0 saturated heterocycles. The van der Waals surface area contributed by atoms with E-state index in [-0.39, 0.29) is 16.7 Å². The average Bonchev–Trinajstić information content (AvgIpc) is 2.68. The molecule has 20 heavy (non-hydrogen) atoms. The zero-order chi connectivity index (χ0) is 14.9. The molecule has 1 N–H and O–H groups in total. The van der Waals surface area contributed by atoms with Crippen molar-refractivity contribution in [2.75, 3.05) is 5.32 Å². The molecule has 0 bridgehead atoms. The number of furan rings is 1. The third-order valence-electron chi connectivity index (χ3n) is 3.07. The summed E-state index contributed by atoms with van der Waals surface area (Å²) in [5.41, 5.74) is 2.07. The minimum absolute atomic E-state index is 0.0738. The van der Waals surface area contributed by atoms with Gasteiger partial charge < -0.3 is 9.73 Å². The van der Waals surface area contributed by atoms with E-state index in [0.29, 0.717) is 3.57 Å². The highest BCUT2D eigenvalue weighted by molar-refractivity contribution is 14.1. The minimum atomic E-state index is -0.376. The molecule has 0 aliphatic rings. The molecule has 1 aromatic carbocycles. The molecule has 0 saturated carbocycles. The van der Waals surface area contributed by atoms with Crippen LogP contribution in [0.2, 0.25) is 0 Å². The Kier molecular flexibility index (Phi) is 4.32. The second-order valence-electron chi connectivity index (χ2n) is 4.66. The predicted molar refractivity (Wildman–Crippen MR) is 86.0 cm³/mol. The maximum Gasteiger partial charge on any atom is 0.282 e. The van der Waals surface area contributed by atoms with Gasteiger partial charge in [0.25, 0.3) is 5.69 Å². The Morgan fingerprint density at radius 2 is 2.05 bits per heavy atom. The summed E-state index contributed by atoms with van der Waals surface area (Å²) in [7, 11) is 0. The summed E-state index contributed by atoms with van der Waals surface area (Å²) in [6.45, 7) is 5.88. The number of benzene rings is 1. The molecule has 0 fully saturated rings. The van der Waals surface area contributed by atoms with Gasteiger partial charge in [0.2, 0.25) is 0 Å². The van der Waals surface area contributed by atoms with Crippen molar-refractivity contribution in [3.05, 3.63) is 55.0 Å². The van der Waals surface area contributed by atoms with Crippen molar-refractivity contribution in [2.24, 2.45) is 0 Å². The Morgan fingerprint density at radius 3 is 2.55 bits per heavy atom. The minimum Gasteiger partial charge on any atom is -0.466 e. The Morgan fingerprint density at radius 1 is 1.35 bits per heavy atom. The highest BCUT2D eigenvalue weighted by atomic mass is 127. The lowest BCUT2D eigenvalue weighted by Gasteiger charge is -2.14. The fraction of sp³-hybridized carbons (Fsp3) is 0.286. The van der Waals surface area contributed by atoms with Gasteiger partial charge in [0.1, 0.15) is 11.5 Å². The van der Waals surface area contributed by atoms with Gasteiger partial charge in [-0.1, -0.05) is 0 Å². The van der Waals surface area contributed by atoms with Crippen LogP contribution in [0.4, 0.5) is 11.4 Å². The fourth-order valence-corrected chi connectivity index (χ4v) is 2.87. The first kappa shape index (κ1) is 14.8. The molecule has 0 aliphatic heterocycles. The number of rotatable bonds is 4. The smallest absolute Gasteiger partial charge is 0.282 e. The van der Waals surface area contributed by atoms with Crippen LogP contribution < -0.4 is 5.32 Å². The Balaban J connectivity index is 2.20. The van der Waals surface area contributed by atoms with Crippen LogP contribution in [0.1, 0.15) is 30.0 Å². The molecular weight excluding hydrogens is 371 g/mol. The first-order valence-electron chi connectivity index (χ1n) is 6.16. The van der Waals surface area contributed by atoms with Crippen LogP contribution in [0.15, 0.2) is 28.7 Å². The van der Waals surface area contributed by atoms with Gasteiger partial charge in [-0.3, -0.25) is 10.1 Å². The van der Waals surface area contributed by atoms with Crippen molar-refractivity contribution in [3.8, 4) is 0 Å². The Labute approximate surface area is 130 Å². The molecule has 0 radical (unpaired) electrons. The van der Waals surface area contributed by atoms with Gasteiger partial charge >= 0.3 is 0 Å². The SMILES string of the molecule is Cc1cc(C(C)Nc2ccc([N+](=O)[O-])c(I)c2)c(C)o1. The monoisotopic (exact) mass is 386 g/mol. The van der Waals surface area contributed by atoms with Crippen molar-refractivity contribution in [1.29, 1.82) is 0 Å². The molecule has 1 aromatic heterocycles. The van der Waals surface area contributed by atoms with Crippen LogP contribution in [0, 0.1) is 27.5 Å². The molecule has 6 heteroatoms. The Bertz CT molecular complexity index is 652. The van der Waals surface area contributed by atoms with Crippen LogP contribution in [0.3, 0.4) is 0 Å². The van der Waals surface area contributed by atoms with E-state index >= 15 is 0 Å². The highest BCUT2D eigenvalue weighted by Gasteiger charge is 2.15. The largest absolute Gasteiger partial charge is 0.466 e. The van der Waals surface area contributed by atoms with Crippen LogP contribution in [-0.4, -0.2) is 4.92 Å². The molecule has 0 aliphatic carbocycles. The summed E-state index contributed by atoms with van der Waals surface area (Å²) < 4.78 is 6.13. The first-order chi connectivity index (χ1) is 9.38. The first-order valence-corrected chi connectivity index (χ1v) is 7.23.